The van der Waals surface area contributed by atoms with Gasteiger partial charge in [0.05, 0.1) is 22.2 Å². The molecule has 2 rings (SSSR count). The molecular weight excluding hydrogens is 329 g/mol. The average Bonchev–Trinajstić information content (AvgIpc) is 2.43. The van der Waals surface area contributed by atoms with Crippen LogP contribution in [0.15, 0.2) is 30.3 Å². The van der Waals surface area contributed by atoms with E-state index in [0.717, 1.165) is 0 Å². The van der Waals surface area contributed by atoms with E-state index >= 15 is 0 Å². The lowest BCUT2D eigenvalue weighted by Gasteiger charge is -2.12. The number of ether oxygens (including phenoxy) is 1. The quantitative estimate of drug-likeness (QED) is 0.601. The van der Waals surface area contributed by atoms with E-state index in [-0.39, 0.29) is 20.6 Å². The van der Waals surface area contributed by atoms with E-state index in [0.29, 0.717) is 16.9 Å². The first-order chi connectivity index (χ1) is 9.43. The van der Waals surface area contributed by atoms with Crippen LogP contribution in [0.4, 0.5) is 8.78 Å². The first-order valence-corrected chi connectivity index (χ1v) is 6.68. The molecule has 0 bridgehead atoms. The van der Waals surface area contributed by atoms with Gasteiger partial charge >= 0.3 is 0 Å². The van der Waals surface area contributed by atoms with Gasteiger partial charge in [0.1, 0.15) is 5.75 Å². The molecule has 0 amide bonds. The third-order valence-electron chi connectivity index (χ3n) is 2.77. The topological polar surface area (TPSA) is 9.23 Å². The predicted octanol–water partition coefficient (Wildman–Crippen LogP) is 6.26. The second-order valence-corrected chi connectivity index (χ2v) is 5.21. The molecule has 2 aromatic carbocycles. The van der Waals surface area contributed by atoms with Crippen LogP contribution in [0.3, 0.4) is 0 Å². The smallest absolute Gasteiger partial charge is 0.263 e. The summed E-state index contributed by atoms with van der Waals surface area (Å²) in [6.45, 7) is 0. The Labute approximate surface area is 130 Å². The van der Waals surface area contributed by atoms with Crippen molar-refractivity contribution < 1.29 is 13.5 Å². The number of methoxy groups -OCH3 is 1. The third-order valence-corrected chi connectivity index (χ3v) is 3.97. The molecular formula is C14H9Cl3F2O. The van der Waals surface area contributed by atoms with Crippen molar-refractivity contribution in [1.82, 2.24) is 0 Å². The molecule has 0 aliphatic heterocycles. The van der Waals surface area contributed by atoms with Crippen LogP contribution in [0.2, 0.25) is 15.1 Å². The molecule has 0 heterocycles. The minimum absolute atomic E-state index is 0.108. The van der Waals surface area contributed by atoms with Gasteiger partial charge in [-0.3, -0.25) is 0 Å². The first-order valence-electron chi connectivity index (χ1n) is 5.55. The van der Waals surface area contributed by atoms with E-state index in [4.69, 9.17) is 39.5 Å². The molecule has 0 atom stereocenters. The van der Waals surface area contributed by atoms with Crippen LogP contribution in [0.1, 0.15) is 12.0 Å². The molecule has 0 N–H and O–H groups in total. The molecule has 0 saturated carbocycles. The van der Waals surface area contributed by atoms with Gasteiger partial charge < -0.3 is 4.74 Å². The minimum Gasteiger partial charge on any atom is -0.496 e. The standard InChI is InChI=1S/C14H9Cl3F2O/c1-20-12-3-2-7(14(18)19)4-9(12)8-5-10(15)13(17)11(16)6-8/h2-6,14H,1H3. The molecule has 2 aromatic rings. The van der Waals surface area contributed by atoms with Gasteiger partial charge in [-0.2, -0.15) is 0 Å². The van der Waals surface area contributed by atoms with Gasteiger partial charge in [-0.05, 0) is 35.9 Å². The highest BCUT2D eigenvalue weighted by molar-refractivity contribution is 6.48. The predicted molar refractivity (Wildman–Crippen MR) is 78.4 cm³/mol. The molecule has 20 heavy (non-hydrogen) atoms. The van der Waals surface area contributed by atoms with Crippen molar-refractivity contribution in [3.63, 3.8) is 0 Å². The van der Waals surface area contributed by atoms with Crippen molar-refractivity contribution >= 4 is 34.8 Å². The summed E-state index contributed by atoms with van der Waals surface area (Å²) < 4.78 is 30.8. The van der Waals surface area contributed by atoms with Crippen molar-refractivity contribution in [3.8, 4) is 16.9 Å². The van der Waals surface area contributed by atoms with Gasteiger partial charge in [-0.1, -0.05) is 34.8 Å². The molecule has 0 spiro atoms. The fourth-order valence-corrected chi connectivity index (χ4v) is 2.39. The van der Waals surface area contributed by atoms with Gasteiger partial charge in [-0.15, -0.1) is 0 Å². The fraction of sp³-hybridized carbons (Fsp3) is 0.143. The number of hydrogen-bond acceptors (Lipinski definition) is 1. The van der Waals surface area contributed by atoms with Crippen molar-refractivity contribution in [3.05, 3.63) is 51.0 Å². The highest BCUT2D eigenvalue weighted by Gasteiger charge is 2.15. The van der Waals surface area contributed by atoms with Crippen LogP contribution in [0, 0.1) is 0 Å². The normalized spacial score (nSPS) is 10.9. The Morgan fingerprint density at radius 1 is 1.00 bits per heavy atom. The Kier molecular flexibility index (Phi) is 4.74. The Hall–Kier alpha value is -1.03. The molecule has 0 radical (unpaired) electrons. The van der Waals surface area contributed by atoms with Gasteiger partial charge in [0.15, 0.2) is 0 Å². The van der Waals surface area contributed by atoms with E-state index < -0.39 is 6.43 Å². The lowest BCUT2D eigenvalue weighted by atomic mass is 10.0. The summed E-state index contributed by atoms with van der Waals surface area (Å²) in [5.41, 5.74) is 0.928. The molecule has 0 fully saturated rings. The maximum absolute atomic E-state index is 12.8. The maximum Gasteiger partial charge on any atom is 0.263 e. The molecule has 0 aromatic heterocycles. The monoisotopic (exact) mass is 336 g/mol. The van der Waals surface area contributed by atoms with E-state index in [2.05, 4.69) is 0 Å². The number of rotatable bonds is 3. The lowest BCUT2D eigenvalue weighted by Crippen LogP contribution is -1.92. The highest BCUT2D eigenvalue weighted by atomic mass is 35.5. The second kappa shape index (κ2) is 6.17. The number of halogens is 5. The van der Waals surface area contributed by atoms with E-state index in [1.165, 1.54) is 25.3 Å². The number of alkyl halides is 2. The van der Waals surface area contributed by atoms with Gasteiger partial charge in [0, 0.05) is 11.1 Å². The van der Waals surface area contributed by atoms with Crippen LogP contribution < -0.4 is 4.74 Å². The average molecular weight is 338 g/mol. The van der Waals surface area contributed by atoms with E-state index in [9.17, 15) is 8.78 Å². The molecule has 0 aliphatic carbocycles. The highest BCUT2D eigenvalue weighted by Crippen LogP contribution is 2.39. The SMILES string of the molecule is COc1ccc(C(F)F)cc1-c1cc(Cl)c(Cl)c(Cl)c1. The van der Waals surface area contributed by atoms with Crippen LogP contribution in [0.5, 0.6) is 5.75 Å². The molecule has 0 aliphatic rings. The van der Waals surface area contributed by atoms with Crippen molar-refractivity contribution in [2.24, 2.45) is 0 Å². The number of hydrogen-bond donors (Lipinski definition) is 0. The van der Waals surface area contributed by atoms with Crippen molar-refractivity contribution in [1.29, 1.82) is 0 Å². The van der Waals surface area contributed by atoms with E-state index in [1.807, 2.05) is 0 Å². The zero-order valence-corrected chi connectivity index (χ0v) is 12.5. The molecule has 0 unspecified atom stereocenters. The maximum atomic E-state index is 12.8. The molecule has 106 valence electrons. The summed E-state index contributed by atoms with van der Waals surface area (Å²) in [7, 11) is 1.46. The fourth-order valence-electron chi connectivity index (χ4n) is 1.80. The Bertz CT molecular complexity index is 621. The first kappa shape index (κ1) is 15.4. The molecule has 1 nitrogen and oxygen atoms in total. The van der Waals surface area contributed by atoms with Gasteiger partial charge in [0.2, 0.25) is 0 Å². The van der Waals surface area contributed by atoms with Gasteiger partial charge in [0.25, 0.3) is 6.43 Å². The third kappa shape index (κ3) is 3.00. The van der Waals surface area contributed by atoms with Crippen LogP contribution in [-0.4, -0.2) is 7.11 Å². The zero-order valence-electron chi connectivity index (χ0n) is 10.3. The molecule has 0 saturated heterocycles. The summed E-state index contributed by atoms with van der Waals surface area (Å²) >= 11 is 17.8. The summed E-state index contributed by atoms with van der Waals surface area (Å²) in [6.07, 6.45) is -2.57. The zero-order chi connectivity index (χ0) is 14.9. The summed E-state index contributed by atoms with van der Waals surface area (Å²) in [4.78, 5) is 0. The van der Waals surface area contributed by atoms with Crippen LogP contribution in [0.25, 0.3) is 11.1 Å². The van der Waals surface area contributed by atoms with Crippen LogP contribution in [-0.2, 0) is 0 Å². The summed E-state index contributed by atoms with van der Waals surface area (Å²) in [6, 6.07) is 7.25. The van der Waals surface area contributed by atoms with E-state index in [1.54, 1.807) is 12.1 Å². The Morgan fingerprint density at radius 2 is 1.60 bits per heavy atom. The largest absolute Gasteiger partial charge is 0.496 e. The van der Waals surface area contributed by atoms with Crippen molar-refractivity contribution in [2.45, 2.75) is 6.43 Å². The minimum atomic E-state index is -2.57. The second-order valence-electron chi connectivity index (χ2n) is 4.01. The molecule has 6 heteroatoms. The van der Waals surface area contributed by atoms with Crippen LogP contribution >= 0.6 is 34.8 Å². The summed E-state index contributed by atoms with van der Waals surface area (Å²) in [5, 5.41) is 0.721. The van der Waals surface area contributed by atoms with Crippen molar-refractivity contribution in [2.75, 3.05) is 7.11 Å². The number of benzene rings is 2. The Balaban J connectivity index is 2.64. The Morgan fingerprint density at radius 3 is 2.10 bits per heavy atom. The van der Waals surface area contributed by atoms with Gasteiger partial charge in [-0.25, -0.2) is 8.78 Å². The lowest BCUT2D eigenvalue weighted by molar-refractivity contribution is 0.151. The summed E-state index contributed by atoms with van der Waals surface area (Å²) in [5.74, 6) is 0.448.